The Hall–Kier alpha value is -3.66. The van der Waals surface area contributed by atoms with E-state index in [0.717, 1.165) is 42.5 Å². The molecule has 1 unspecified atom stereocenters. The van der Waals surface area contributed by atoms with Crippen LogP contribution < -0.4 is 5.32 Å². The van der Waals surface area contributed by atoms with Crippen LogP contribution >= 0.6 is 0 Å². The number of hydrogen-bond acceptors (Lipinski definition) is 4. The van der Waals surface area contributed by atoms with Crippen molar-refractivity contribution in [1.29, 1.82) is 5.26 Å². The number of nitrogens with zero attached hydrogens (tertiary/aromatic N) is 4. The van der Waals surface area contributed by atoms with Gasteiger partial charge in [-0.2, -0.15) is 5.26 Å². The number of rotatable bonds is 4. The minimum atomic E-state index is -0.260. The SMILES string of the molecule is Cc1c(NC(=O)c2cccc(C#N)c2)cnc2c1c(C1[C@@H]3CC[C@H]1CN(C(=O)C(C)C)C3)cn2C. The van der Waals surface area contributed by atoms with E-state index in [1.54, 1.807) is 30.5 Å². The van der Waals surface area contributed by atoms with Crippen molar-refractivity contribution in [2.24, 2.45) is 24.8 Å². The molecule has 7 heteroatoms. The highest BCUT2D eigenvalue weighted by molar-refractivity contribution is 6.06. The Labute approximate surface area is 205 Å². The van der Waals surface area contributed by atoms with Gasteiger partial charge in [0.05, 0.1) is 23.5 Å². The number of hydrogen-bond donors (Lipinski definition) is 1. The lowest BCUT2D eigenvalue weighted by molar-refractivity contribution is -0.136. The molecule has 0 spiro atoms. The number of aryl methyl sites for hydroxylation is 2. The third-order valence-corrected chi connectivity index (χ3v) is 7.77. The first-order valence-electron chi connectivity index (χ1n) is 12.3. The molecule has 2 aliphatic rings. The van der Waals surface area contributed by atoms with E-state index in [0.29, 0.717) is 34.6 Å². The fourth-order valence-corrected chi connectivity index (χ4v) is 6.12. The molecule has 7 nitrogen and oxygen atoms in total. The van der Waals surface area contributed by atoms with Crippen LogP contribution in [0.2, 0.25) is 0 Å². The van der Waals surface area contributed by atoms with Gasteiger partial charge >= 0.3 is 0 Å². The van der Waals surface area contributed by atoms with E-state index < -0.39 is 0 Å². The molecule has 0 radical (unpaired) electrons. The maximum absolute atomic E-state index is 12.9. The molecular weight excluding hydrogens is 438 g/mol. The quantitative estimate of drug-likeness (QED) is 0.604. The molecule has 1 aromatic carbocycles. The second-order valence-electron chi connectivity index (χ2n) is 10.4. The van der Waals surface area contributed by atoms with Crippen molar-refractivity contribution < 1.29 is 9.59 Å². The van der Waals surface area contributed by atoms with Crippen molar-refractivity contribution in [2.45, 2.75) is 39.5 Å². The topological polar surface area (TPSA) is 91.0 Å². The van der Waals surface area contributed by atoms with Gasteiger partial charge in [0.25, 0.3) is 5.91 Å². The first-order chi connectivity index (χ1) is 16.8. The maximum Gasteiger partial charge on any atom is 0.255 e. The van der Waals surface area contributed by atoms with Crippen molar-refractivity contribution in [3.05, 3.63) is 58.9 Å². The molecule has 2 aromatic heterocycles. The van der Waals surface area contributed by atoms with Crippen molar-refractivity contribution >= 4 is 28.5 Å². The summed E-state index contributed by atoms with van der Waals surface area (Å²) in [5.41, 5.74) is 4.75. The number of carbonyl (C=O) groups is 2. The Balaban J connectivity index is 1.48. The van der Waals surface area contributed by atoms with Gasteiger partial charge in [0.1, 0.15) is 5.65 Å². The lowest BCUT2D eigenvalue weighted by atomic mass is 9.79. The molecule has 2 fully saturated rings. The van der Waals surface area contributed by atoms with Crippen LogP contribution in [-0.4, -0.2) is 39.4 Å². The third-order valence-electron chi connectivity index (χ3n) is 7.77. The number of fused-ring (bicyclic) bond motifs is 3. The van der Waals surface area contributed by atoms with Gasteiger partial charge in [0, 0.05) is 43.2 Å². The summed E-state index contributed by atoms with van der Waals surface area (Å²) < 4.78 is 2.07. The average molecular weight is 470 g/mol. The van der Waals surface area contributed by atoms with E-state index >= 15 is 0 Å². The number of amides is 2. The van der Waals surface area contributed by atoms with Crippen LogP contribution in [-0.2, 0) is 11.8 Å². The Bertz CT molecular complexity index is 1350. The smallest absolute Gasteiger partial charge is 0.255 e. The predicted molar refractivity (Wildman–Crippen MR) is 135 cm³/mol. The third kappa shape index (κ3) is 3.97. The Morgan fingerprint density at radius 1 is 1.20 bits per heavy atom. The van der Waals surface area contributed by atoms with Gasteiger partial charge in [-0.05, 0) is 66.8 Å². The molecule has 2 amide bonds. The van der Waals surface area contributed by atoms with Gasteiger partial charge in [-0.3, -0.25) is 9.59 Å². The van der Waals surface area contributed by atoms with Gasteiger partial charge in [-0.1, -0.05) is 19.9 Å². The molecule has 1 N–H and O–H groups in total. The molecule has 1 aliphatic carbocycles. The molecule has 180 valence electrons. The molecule has 1 saturated heterocycles. The van der Waals surface area contributed by atoms with Crippen molar-refractivity contribution in [3.63, 3.8) is 0 Å². The molecule has 1 aliphatic heterocycles. The van der Waals surface area contributed by atoms with Crippen LogP contribution in [0, 0.1) is 36.0 Å². The van der Waals surface area contributed by atoms with Crippen molar-refractivity contribution in [2.75, 3.05) is 18.4 Å². The number of nitrogens with one attached hydrogen (secondary N) is 1. The number of nitriles is 1. The van der Waals surface area contributed by atoms with E-state index in [1.807, 2.05) is 27.8 Å². The lowest BCUT2D eigenvalue weighted by Crippen LogP contribution is -2.45. The number of aromatic nitrogens is 2. The molecule has 3 atom stereocenters. The summed E-state index contributed by atoms with van der Waals surface area (Å²) in [5, 5.41) is 13.3. The molecule has 5 rings (SSSR count). The number of benzene rings is 1. The van der Waals surface area contributed by atoms with Crippen LogP contribution in [0.5, 0.6) is 0 Å². The minimum Gasteiger partial charge on any atom is -0.342 e. The number of pyridine rings is 1. The summed E-state index contributed by atoms with van der Waals surface area (Å²) in [5.74, 6) is 1.27. The summed E-state index contributed by atoms with van der Waals surface area (Å²) in [6.45, 7) is 7.61. The van der Waals surface area contributed by atoms with Crippen LogP contribution in [0.25, 0.3) is 11.0 Å². The summed E-state index contributed by atoms with van der Waals surface area (Å²) in [6, 6.07) is 8.77. The normalized spacial score (nSPS) is 21.4. The first kappa shape index (κ1) is 23.1. The van der Waals surface area contributed by atoms with Crippen LogP contribution in [0.15, 0.2) is 36.7 Å². The average Bonchev–Trinajstić information content (AvgIpc) is 3.32. The summed E-state index contributed by atoms with van der Waals surface area (Å²) >= 11 is 0. The Kier molecular flexibility index (Phi) is 5.84. The van der Waals surface area contributed by atoms with E-state index in [9.17, 15) is 9.59 Å². The zero-order chi connectivity index (χ0) is 24.9. The summed E-state index contributed by atoms with van der Waals surface area (Å²) in [7, 11) is 2.02. The zero-order valence-corrected chi connectivity index (χ0v) is 20.7. The van der Waals surface area contributed by atoms with E-state index in [-0.39, 0.29) is 17.7 Å². The lowest BCUT2D eigenvalue weighted by Gasteiger charge is -2.39. The molecule has 3 aromatic rings. The van der Waals surface area contributed by atoms with Crippen molar-refractivity contribution in [3.8, 4) is 6.07 Å². The van der Waals surface area contributed by atoms with Gasteiger partial charge < -0.3 is 14.8 Å². The van der Waals surface area contributed by atoms with Gasteiger partial charge in [-0.15, -0.1) is 0 Å². The van der Waals surface area contributed by atoms with Crippen LogP contribution in [0.4, 0.5) is 5.69 Å². The van der Waals surface area contributed by atoms with Gasteiger partial charge in [-0.25, -0.2) is 4.98 Å². The standard InChI is InChI=1S/C28H31N5O2/c1-16(2)28(35)33-13-20-8-9-21(14-33)25(20)22-15-32(4)26-24(22)17(3)23(12-30-26)31-27(34)19-7-5-6-18(10-19)11-29/h5-7,10,12,15-16,20-21,25H,8-9,13-14H2,1-4H3,(H,31,34)/t20-,21+,25?. The summed E-state index contributed by atoms with van der Waals surface area (Å²) in [4.78, 5) is 32.4. The highest BCUT2D eigenvalue weighted by Crippen LogP contribution is 2.50. The van der Waals surface area contributed by atoms with E-state index in [2.05, 4.69) is 27.0 Å². The largest absolute Gasteiger partial charge is 0.342 e. The van der Waals surface area contributed by atoms with E-state index in [4.69, 9.17) is 10.2 Å². The van der Waals surface area contributed by atoms with Gasteiger partial charge in [0.2, 0.25) is 5.91 Å². The Morgan fingerprint density at radius 2 is 1.91 bits per heavy atom. The Morgan fingerprint density at radius 3 is 2.57 bits per heavy atom. The van der Waals surface area contributed by atoms with Crippen LogP contribution in [0.1, 0.15) is 59.7 Å². The monoisotopic (exact) mass is 469 g/mol. The molecular formula is C28H31N5O2. The van der Waals surface area contributed by atoms with E-state index in [1.165, 1.54) is 5.56 Å². The summed E-state index contributed by atoms with van der Waals surface area (Å²) in [6.07, 6.45) is 6.17. The van der Waals surface area contributed by atoms with Gasteiger partial charge in [0.15, 0.2) is 0 Å². The number of piperidine rings is 1. The zero-order valence-electron chi connectivity index (χ0n) is 20.7. The fraction of sp³-hybridized carbons (Fsp3) is 0.429. The first-order valence-corrected chi connectivity index (χ1v) is 12.3. The second-order valence-corrected chi connectivity index (χ2v) is 10.4. The molecule has 2 bridgehead atoms. The minimum absolute atomic E-state index is 0.0231. The number of anilines is 1. The highest BCUT2D eigenvalue weighted by Gasteiger charge is 2.45. The van der Waals surface area contributed by atoms with Crippen LogP contribution in [0.3, 0.4) is 0 Å². The molecule has 1 saturated carbocycles. The second kappa shape index (κ2) is 8.84. The highest BCUT2D eigenvalue weighted by atomic mass is 16.2. The number of carbonyl (C=O) groups excluding carboxylic acids is 2. The number of likely N-dealkylation sites (tertiary alicyclic amines) is 1. The molecule has 35 heavy (non-hydrogen) atoms. The predicted octanol–water partition coefficient (Wildman–Crippen LogP) is 4.61. The fourth-order valence-electron chi connectivity index (χ4n) is 6.12. The maximum atomic E-state index is 12.9. The van der Waals surface area contributed by atoms with Crippen molar-refractivity contribution in [1.82, 2.24) is 14.5 Å². The molecule has 3 heterocycles.